The molecule has 0 aliphatic carbocycles. The number of rotatable bonds is 4. The van der Waals surface area contributed by atoms with Gasteiger partial charge in [0.2, 0.25) is 0 Å². The lowest BCUT2D eigenvalue weighted by Crippen LogP contribution is -2.12. The van der Waals surface area contributed by atoms with Crippen LogP contribution in [-0.4, -0.2) is 0 Å². The summed E-state index contributed by atoms with van der Waals surface area (Å²) in [7, 11) is 0. The fourth-order valence-corrected chi connectivity index (χ4v) is 2.36. The average Bonchev–Trinajstić information content (AvgIpc) is 2.86. The molecule has 3 aromatic rings. The Bertz CT molecular complexity index is 738. The normalized spacial score (nSPS) is 11.1. The molecule has 2 aromatic carbocycles. The maximum atomic E-state index is 13.1. The second-order valence-electron chi connectivity index (χ2n) is 4.61. The summed E-state index contributed by atoms with van der Waals surface area (Å²) in [6.45, 7) is 1.31. The summed E-state index contributed by atoms with van der Waals surface area (Å²) in [5, 5.41) is 4.56. The van der Waals surface area contributed by atoms with Crippen molar-refractivity contribution in [1.82, 2.24) is 5.32 Å². The van der Waals surface area contributed by atoms with Gasteiger partial charge in [0.05, 0.1) is 11.3 Å². The molecule has 0 atom stereocenters. The number of nitrogens with one attached hydrogen (secondary N) is 1. The van der Waals surface area contributed by atoms with Gasteiger partial charge in [-0.25, -0.2) is 4.39 Å². The fraction of sp³-hybridized carbons (Fsp3) is 0.125. The van der Waals surface area contributed by atoms with Crippen LogP contribution in [0.5, 0.6) is 0 Å². The van der Waals surface area contributed by atoms with E-state index in [9.17, 15) is 4.39 Å². The van der Waals surface area contributed by atoms with E-state index >= 15 is 0 Å². The maximum absolute atomic E-state index is 13.1. The van der Waals surface area contributed by atoms with Gasteiger partial charge in [0.1, 0.15) is 11.4 Å². The monoisotopic (exact) mass is 289 g/mol. The van der Waals surface area contributed by atoms with Gasteiger partial charge in [0, 0.05) is 24.0 Å². The molecule has 0 spiro atoms. The predicted molar refractivity (Wildman–Crippen MR) is 78.2 cm³/mol. The van der Waals surface area contributed by atoms with E-state index in [0.717, 1.165) is 22.1 Å². The number of halogens is 2. The van der Waals surface area contributed by atoms with E-state index in [-0.39, 0.29) is 5.02 Å². The van der Waals surface area contributed by atoms with Crippen molar-refractivity contribution in [2.75, 3.05) is 0 Å². The third kappa shape index (κ3) is 2.69. The second kappa shape index (κ2) is 5.65. The van der Waals surface area contributed by atoms with Gasteiger partial charge in [-0.15, -0.1) is 0 Å². The van der Waals surface area contributed by atoms with Crippen molar-refractivity contribution >= 4 is 22.6 Å². The van der Waals surface area contributed by atoms with Crippen LogP contribution < -0.4 is 5.32 Å². The summed E-state index contributed by atoms with van der Waals surface area (Å²) in [6, 6.07) is 12.7. The highest BCUT2D eigenvalue weighted by molar-refractivity contribution is 6.30. The molecule has 0 saturated heterocycles. The van der Waals surface area contributed by atoms with Gasteiger partial charge >= 0.3 is 0 Å². The van der Waals surface area contributed by atoms with Crippen LogP contribution in [0.15, 0.2) is 53.1 Å². The summed E-state index contributed by atoms with van der Waals surface area (Å²) in [6.07, 6.45) is 1.76. The molecule has 0 aliphatic heterocycles. The van der Waals surface area contributed by atoms with Gasteiger partial charge in [-0.3, -0.25) is 0 Å². The van der Waals surface area contributed by atoms with Crippen molar-refractivity contribution in [3.05, 3.63) is 70.7 Å². The van der Waals surface area contributed by atoms with E-state index in [0.29, 0.717) is 13.1 Å². The largest absolute Gasteiger partial charge is 0.464 e. The third-order valence-corrected chi connectivity index (χ3v) is 3.48. The number of para-hydroxylation sites is 1. The van der Waals surface area contributed by atoms with Gasteiger partial charge in [-0.2, -0.15) is 0 Å². The van der Waals surface area contributed by atoms with Gasteiger partial charge in [0.15, 0.2) is 0 Å². The van der Waals surface area contributed by atoms with Crippen molar-refractivity contribution in [2.24, 2.45) is 0 Å². The highest BCUT2D eigenvalue weighted by Gasteiger charge is 2.05. The fourth-order valence-electron chi connectivity index (χ4n) is 2.16. The molecule has 1 N–H and O–H groups in total. The molecule has 20 heavy (non-hydrogen) atoms. The lowest BCUT2D eigenvalue weighted by Gasteiger charge is -2.05. The molecule has 102 valence electrons. The summed E-state index contributed by atoms with van der Waals surface area (Å²) in [4.78, 5) is 0. The summed E-state index contributed by atoms with van der Waals surface area (Å²) < 4.78 is 18.5. The Morgan fingerprint density at radius 2 is 1.95 bits per heavy atom. The van der Waals surface area contributed by atoms with Gasteiger partial charge in [-0.05, 0) is 23.8 Å². The van der Waals surface area contributed by atoms with Crippen LogP contribution in [0, 0.1) is 5.82 Å². The summed E-state index contributed by atoms with van der Waals surface area (Å²) >= 11 is 5.75. The van der Waals surface area contributed by atoms with Crippen LogP contribution in [-0.2, 0) is 13.1 Å². The van der Waals surface area contributed by atoms with Crippen LogP contribution in [0.25, 0.3) is 11.0 Å². The summed E-state index contributed by atoms with van der Waals surface area (Å²) in [5.41, 5.74) is 2.94. The van der Waals surface area contributed by atoms with Crippen LogP contribution in [0.2, 0.25) is 5.02 Å². The zero-order valence-electron chi connectivity index (χ0n) is 10.7. The third-order valence-electron chi connectivity index (χ3n) is 3.19. The molecule has 0 amide bonds. The van der Waals surface area contributed by atoms with Crippen LogP contribution in [0.4, 0.5) is 4.39 Å². The Kier molecular flexibility index (Phi) is 3.72. The molecule has 0 bridgehead atoms. The highest BCUT2D eigenvalue weighted by Crippen LogP contribution is 2.20. The molecule has 0 radical (unpaired) electrons. The lowest BCUT2D eigenvalue weighted by molar-refractivity contribution is 0.601. The van der Waals surface area contributed by atoms with Crippen molar-refractivity contribution in [2.45, 2.75) is 13.1 Å². The van der Waals surface area contributed by atoms with Crippen molar-refractivity contribution in [3.63, 3.8) is 0 Å². The molecule has 0 unspecified atom stereocenters. The first kappa shape index (κ1) is 13.2. The van der Waals surface area contributed by atoms with Crippen molar-refractivity contribution in [3.8, 4) is 0 Å². The molecule has 4 heteroatoms. The minimum Gasteiger partial charge on any atom is -0.464 e. The first-order valence-electron chi connectivity index (χ1n) is 6.34. The lowest BCUT2D eigenvalue weighted by atomic mass is 10.1. The van der Waals surface area contributed by atoms with E-state index in [4.69, 9.17) is 16.0 Å². The standard InChI is InChI=1S/C16H13ClFNO/c17-14-7-11(5-6-15(14)18)8-19-9-12-10-20-16-4-2-1-3-13(12)16/h1-7,10,19H,8-9H2. The zero-order valence-corrected chi connectivity index (χ0v) is 11.5. The Hall–Kier alpha value is -1.84. The maximum Gasteiger partial charge on any atom is 0.141 e. The zero-order chi connectivity index (χ0) is 13.9. The number of fused-ring (bicyclic) bond motifs is 1. The smallest absolute Gasteiger partial charge is 0.141 e. The molecule has 3 rings (SSSR count). The molecule has 0 aliphatic rings. The number of benzene rings is 2. The van der Waals surface area contributed by atoms with E-state index in [1.54, 1.807) is 18.4 Å². The minimum absolute atomic E-state index is 0.151. The average molecular weight is 290 g/mol. The van der Waals surface area contributed by atoms with E-state index in [1.165, 1.54) is 6.07 Å². The van der Waals surface area contributed by atoms with Crippen LogP contribution in [0.3, 0.4) is 0 Å². The number of hydrogen-bond acceptors (Lipinski definition) is 2. The van der Waals surface area contributed by atoms with Gasteiger partial charge in [0.25, 0.3) is 0 Å². The quantitative estimate of drug-likeness (QED) is 0.764. The predicted octanol–water partition coefficient (Wildman–Crippen LogP) is 4.52. The van der Waals surface area contributed by atoms with E-state index in [1.807, 2.05) is 24.3 Å². The molecule has 1 aromatic heterocycles. The Labute approximate surface area is 121 Å². The highest BCUT2D eigenvalue weighted by atomic mass is 35.5. The minimum atomic E-state index is -0.392. The van der Waals surface area contributed by atoms with E-state index < -0.39 is 5.82 Å². The van der Waals surface area contributed by atoms with E-state index in [2.05, 4.69) is 5.32 Å². The molecular formula is C16H13ClFNO. The summed E-state index contributed by atoms with van der Waals surface area (Å²) in [5.74, 6) is -0.392. The Balaban J connectivity index is 1.66. The molecule has 1 heterocycles. The number of hydrogen-bond donors (Lipinski definition) is 1. The van der Waals surface area contributed by atoms with Crippen molar-refractivity contribution < 1.29 is 8.81 Å². The topological polar surface area (TPSA) is 25.2 Å². The first-order chi connectivity index (χ1) is 9.74. The van der Waals surface area contributed by atoms with Gasteiger partial charge < -0.3 is 9.73 Å². The molecule has 0 fully saturated rings. The first-order valence-corrected chi connectivity index (χ1v) is 6.71. The van der Waals surface area contributed by atoms with Crippen molar-refractivity contribution in [1.29, 1.82) is 0 Å². The molecular weight excluding hydrogens is 277 g/mol. The van der Waals surface area contributed by atoms with Gasteiger partial charge in [-0.1, -0.05) is 35.9 Å². The van der Waals surface area contributed by atoms with Crippen LogP contribution in [0.1, 0.15) is 11.1 Å². The second-order valence-corrected chi connectivity index (χ2v) is 5.02. The van der Waals surface area contributed by atoms with Crippen LogP contribution >= 0.6 is 11.6 Å². The molecule has 2 nitrogen and oxygen atoms in total. The number of furan rings is 1. The molecule has 0 saturated carbocycles. The Morgan fingerprint density at radius 3 is 2.80 bits per heavy atom. The SMILES string of the molecule is Fc1ccc(CNCc2coc3ccccc23)cc1Cl. The Morgan fingerprint density at radius 1 is 1.10 bits per heavy atom.